The Kier molecular flexibility index (Phi) is 3.60. The van der Waals surface area contributed by atoms with Gasteiger partial charge in [-0.2, -0.15) is 0 Å². The fraction of sp³-hybridized carbons (Fsp3) is 0.400. The predicted octanol–water partition coefficient (Wildman–Crippen LogP) is 2.13. The van der Waals surface area contributed by atoms with Crippen LogP contribution in [0.2, 0.25) is 0 Å². The maximum atomic E-state index is 5.44. The lowest BCUT2D eigenvalue weighted by Crippen LogP contribution is -2.22. The van der Waals surface area contributed by atoms with E-state index in [0.29, 0.717) is 6.79 Å². The van der Waals surface area contributed by atoms with E-state index in [4.69, 9.17) is 9.47 Å². The number of imidazole rings is 1. The van der Waals surface area contributed by atoms with E-state index in [0.717, 1.165) is 30.3 Å². The van der Waals surface area contributed by atoms with E-state index in [1.807, 2.05) is 31.6 Å². The molecule has 3 rings (SSSR count). The highest BCUT2D eigenvalue weighted by Gasteiger charge is 2.18. The summed E-state index contributed by atoms with van der Waals surface area (Å²) in [4.78, 5) is 4.36. The van der Waals surface area contributed by atoms with E-state index in [2.05, 4.69) is 27.9 Å². The molecule has 5 heteroatoms. The molecule has 0 fully saturated rings. The minimum atomic E-state index is 0.212. The van der Waals surface area contributed by atoms with E-state index < -0.39 is 0 Å². The predicted molar refractivity (Wildman–Crippen MR) is 76.0 cm³/mol. The van der Waals surface area contributed by atoms with Gasteiger partial charge in [0.15, 0.2) is 11.5 Å². The van der Waals surface area contributed by atoms with Crippen LogP contribution in [0.15, 0.2) is 30.6 Å². The summed E-state index contributed by atoms with van der Waals surface area (Å²) >= 11 is 0. The molecule has 1 aliphatic rings. The third kappa shape index (κ3) is 2.36. The van der Waals surface area contributed by atoms with Crippen molar-refractivity contribution in [3.05, 3.63) is 42.0 Å². The van der Waals surface area contributed by atoms with Gasteiger partial charge in [0.2, 0.25) is 6.79 Å². The van der Waals surface area contributed by atoms with Gasteiger partial charge in [0, 0.05) is 25.4 Å². The molecular formula is C15H19N3O2. The smallest absolute Gasteiger partial charge is 0.231 e. The fourth-order valence-electron chi connectivity index (χ4n) is 2.51. The Morgan fingerprint density at radius 3 is 3.00 bits per heavy atom. The van der Waals surface area contributed by atoms with E-state index in [-0.39, 0.29) is 6.04 Å². The summed E-state index contributed by atoms with van der Waals surface area (Å²) in [6.45, 7) is 3.28. The number of hydrogen-bond acceptors (Lipinski definition) is 4. The van der Waals surface area contributed by atoms with Gasteiger partial charge in [-0.15, -0.1) is 0 Å². The van der Waals surface area contributed by atoms with Crippen molar-refractivity contribution in [1.29, 1.82) is 0 Å². The molecule has 2 aromatic rings. The molecular weight excluding hydrogens is 254 g/mol. The van der Waals surface area contributed by atoms with Gasteiger partial charge in [0.1, 0.15) is 5.82 Å². The maximum Gasteiger partial charge on any atom is 0.231 e. The largest absolute Gasteiger partial charge is 0.454 e. The molecule has 0 radical (unpaired) electrons. The van der Waals surface area contributed by atoms with E-state index >= 15 is 0 Å². The van der Waals surface area contributed by atoms with Gasteiger partial charge in [-0.3, -0.25) is 0 Å². The van der Waals surface area contributed by atoms with Gasteiger partial charge >= 0.3 is 0 Å². The van der Waals surface area contributed by atoms with Crippen molar-refractivity contribution >= 4 is 0 Å². The molecule has 0 saturated heterocycles. The first-order chi connectivity index (χ1) is 9.81. The Morgan fingerprint density at radius 2 is 2.20 bits per heavy atom. The van der Waals surface area contributed by atoms with E-state index in [1.165, 1.54) is 5.56 Å². The number of nitrogens with one attached hydrogen (secondary N) is 1. The van der Waals surface area contributed by atoms with Crippen LogP contribution in [0.25, 0.3) is 0 Å². The van der Waals surface area contributed by atoms with Crippen LogP contribution < -0.4 is 14.8 Å². The summed E-state index contributed by atoms with van der Waals surface area (Å²) in [5, 5.41) is 3.35. The first kappa shape index (κ1) is 13.0. The average molecular weight is 273 g/mol. The Labute approximate surface area is 118 Å². The molecule has 5 nitrogen and oxygen atoms in total. The van der Waals surface area contributed by atoms with Crippen LogP contribution in [-0.2, 0) is 13.0 Å². The van der Waals surface area contributed by atoms with Crippen molar-refractivity contribution in [3.8, 4) is 11.5 Å². The summed E-state index contributed by atoms with van der Waals surface area (Å²) in [5.74, 6) is 2.75. The first-order valence-corrected chi connectivity index (χ1v) is 6.88. The minimum absolute atomic E-state index is 0.212. The molecule has 20 heavy (non-hydrogen) atoms. The molecule has 0 bridgehead atoms. The summed E-state index contributed by atoms with van der Waals surface area (Å²) in [5.41, 5.74) is 1.19. The molecule has 0 spiro atoms. The van der Waals surface area contributed by atoms with Crippen molar-refractivity contribution in [3.63, 3.8) is 0 Å². The summed E-state index contributed by atoms with van der Waals surface area (Å²) < 4.78 is 13.0. The van der Waals surface area contributed by atoms with Crippen LogP contribution in [0.5, 0.6) is 11.5 Å². The van der Waals surface area contributed by atoms with Crippen LogP contribution in [0.1, 0.15) is 24.4 Å². The second-order valence-electron chi connectivity index (χ2n) is 4.80. The normalized spacial score (nSPS) is 14.5. The Balaban J connectivity index is 1.83. The number of nitrogens with zero attached hydrogens (tertiary/aromatic N) is 2. The van der Waals surface area contributed by atoms with Crippen molar-refractivity contribution in [2.24, 2.45) is 0 Å². The Bertz CT molecular complexity index is 595. The zero-order chi connectivity index (χ0) is 13.9. The molecule has 0 amide bonds. The fourth-order valence-corrected chi connectivity index (χ4v) is 2.51. The minimum Gasteiger partial charge on any atom is -0.454 e. The molecule has 1 aromatic carbocycles. The third-order valence-corrected chi connectivity index (χ3v) is 3.64. The lowest BCUT2D eigenvalue weighted by molar-refractivity contribution is 0.174. The van der Waals surface area contributed by atoms with Crippen LogP contribution >= 0.6 is 0 Å². The molecule has 1 unspecified atom stereocenters. The SMILES string of the molecule is CCc1nccn1CC(NC)c1ccc2c(c1)OCO2. The summed E-state index contributed by atoms with van der Waals surface area (Å²) in [7, 11) is 1.97. The summed E-state index contributed by atoms with van der Waals surface area (Å²) in [6.07, 6.45) is 4.81. The first-order valence-electron chi connectivity index (χ1n) is 6.88. The Hall–Kier alpha value is -2.01. The highest BCUT2D eigenvalue weighted by Crippen LogP contribution is 2.34. The van der Waals surface area contributed by atoms with Crippen molar-refractivity contribution in [2.45, 2.75) is 25.9 Å². The topological polar surface area (TPSA) is 48.3 Å². The van der Waals surface area contributed by atoms with Crippen molar-refractivity contribution < 1.29 is 9.47 Å². The third-order valence-electron chi connectivity index (χ3n) is 3.64. The van der Waals surface area contributed by atoms with Crippen molar-refractivity contribution in [1.82, 2.24) is 14.9 Å². The second kappa shape index (κ2) is 5.54. The number of aromatic nitrogens is 2. The van der Waals surface area contributed by atoms with Crippen LogP contribution in [0.3, 0.4) is 0 Å². The number of fused-ring (bicyclic) bond motifs is 1. The standard InChI is InChI=1S/C15H19N3O2/c1-3-15-17-6-7-18(15)9-12(16-2)11-4-5-13-14(8-11)20-10-19-13/h4-8,12,16H,3,9-10H2,1-2H3. The lowest BCUT2D eigenvalue weighted by atomic mass is 10.1. The average Bonchev–Trinajstić information content (AvgIpc) is 3.12. The quantitative estimate of drug-likeness (QED) is 0.906. The Morgan fingerprint density at radius 1 is 1.35 bits per heavy atom. The van der Waals surface area contributed by atoms with Crippen LogP contribution in [-0.4, -0.2) is 23.4 Å². The number of ether oxygens (including phenoxy) is 2. The van der Waals surface area contributed by atoms with Crippen molar-refractivity contribution in [2.75, 3.05) is 13.8 Å². The summed E-state index contributed by atoms with van der Waals surface area (Å²) in [6, 6.07) is 6.31. The van der Waals surface area contributed by atoms with Crippen LogP contribution in [0, 0.1) is 0 Å². The monoisotopic (exact) mass is 273 g/mol. The van der Waals surface area contributed by atoms with E-state index in [1.54, 1.807) is 0 Å². The second-order valence-corrected chi connectivity index (χ2v) is 4.80. The molecule has 1 aromatic heterocycles. The van der Waals surface area contributed by atoms with Gasteiger partial charge in [-0.1, -0.05) is 13.0 Å². The molecule has 1 N–H and O–H groups in total. The number of hydrogen-bond donors (Lipinski definition) is 1. The number of rotatable bonds is 5. The van der Waals surface area contributed by atoms with Crippen LogP contribution in [0.4, 0.5) is 0 Å². The number of likely N-dealkylation sites (N-methyl/N-ethyl adjacent to an activating group) is 1. The van der Waals surface area contributed by atoms with Gasteiger partial charge in [0.25, 0.3) is 0 Å². The van der Waals surface area contributed by atoms with E-state index in [9.17, 15) is 0 Å². The zero-order valence-corrected chi connectivity index (χ0v) is 11.8. The lowest BCUT2D eigenvalue weighted by Gasteiger charge is -2.19. The molecule has 106 valence electrons. The highest BCUT2D eigenvalue weighted by atomic mass is 16.7. The van der Waals surface area contributed by atoms with Gasteiger partial charge < -0.3 is 19.4 Å². The number of aryl methyl sites for hydroxylation is 1. The molecule has 1 aliphatic heterocycles. The highest BCUT2D eigenvalue weighted by molar-refractivity contribution is 5.45. The zero-order valence-electron chi connectivity index (χ0n) is 11.8. The molecule has 1 atom stereocenters. The van der Waals surface area contributed by atoms with Gasteiger partial charge in [-0.25, -0.2) is 4.98 Å². The van der Waals surface area contributed by atoms with Gasteiger partial charge in [0.05, 0.1) is 6.04 Å². The molecule has 0 aliphatic carbocycles. The van der Waals surface area contributed by atoms with Gasteiger partial charge in [-0.05, 0) is 24.7 Å². The number of benzene rings is 1. The molecule has 2 heterocycles. The maximum absolute atomic E-state index is 5.44. The molecule has 0 saturated carbocycles.